The van der Waals surface area contributed by atoms with Crippen LogP contribution in [-0.4, -0.2) is 39.5 Å². The van der Waals surface area contributed by atoms with Crippen LogP contribution in [0.4, 0.5) is 23.7 Å². The molecule has 4 unspecified atom stereocenters. The molecular formula is C30H32F3N5O2. The lowest BCUT2D eigenvalue weighted by molar-refractivity contribution is -0.137. The zero-order valence-corrected chi connectivity index (χ0v) is 21.9. The second-order valence-electron chi connectivity index (χ2n) is 12.2. The lowest BCUT2D eigenvalue weighted by atomic mass is 9.46. The molecule has 4 atom stereocenters. The second kappa shape index (κ2) is 9.62. The normalized spacial score (nSPS) is 30.1. The maximum absolute atomic E-state index is 15.0. The number of imidazole rings is 1. The highest BCUT2D eigenvalue weighted by molar-refractivity contribution is 5.89. The van der Waals surface area contributed by atoms with Crippen molar-refractivity contribution in [3.05, 3.63) is 71.9 Å². The van der Waals surface area contributed by atoms with Gasteiger partial charge in [0.25, 0.3) is 0 Å². The Morgan fingerprint density at radius 1 is 1.07 bits per heavy atom. The number of hydrogen-bond acceptors (Lipinski definition) is 4. The summed E-state index contributed by atoms with van der Waals surface area (Å²) >= 11 is 0. The molecule has 4 saturated carbocycles. The number of carbonyl (C=O) groups is 1. The number of aromatic nitrogens is 2. The number of fused-ring (bicyclic) bond motifs is 3. The molecule has 4 aliphatic carbocycles. The van der Waals surface area contributed by atoms with E-state index < -0.39 is 23.8 Å². The summed E-state index contributed by atoms with van der Waals surface area (Å²) < 4.78 is 43.6. The van der Waals surface area contributed by atoms with Crippen molar-refractivity contribution < 1.29 is 23.1 Å². The van der Waals surface area contributed by atoms with Gasteiger partial charge in [0.15, 0.2) is 11.6 Å². The molecule has 2 heterocycles. The van der Waals surface area contributed by atoms with Crippen molar-refractivity contribution in [1.29, 1.82) is 0 Å². The highest BCUT2D eigenvalue weighted by Gasteiger charge is 2.58. The van der Waals surface area contributed by atoms with E-state index >= 15 is 0 Å². The van der Waals surface area contributed by atoms with Crippen LogP contribution in [0.2, 0.25) is 0 Å². The average molecular weight is 552 g/mol. The summed E-state index contributed by atoms with van der Waals surface area (Å²) in [6.07, 6.45) is 8.36. The summed E-state index contributed by atoms with van der Waals surface area (Å²) in [5.74, 6) is -0.903. The van der Waals surface area contributed by atoms with Gasteiger partial charge < -0.3 is 20.3 Å². The van der Waals surface area contributed by atoms with Gasteiger partial charge in [0, 0.05) is 28.9 Å². The number of urea groups is 1. The van der Waals surface area contributed by atoms with Gasteiger partial charge in [-0.3, -0.25) is 5.32 Å². The first-order chi connectivity index (χ1) is 19.3. The predicted molar refractivity (Wildman–Crippen MR) is 143 cm³/mol. The van der Waals surface area contributed by atoms with Crippen LogP contribution in [0.3, 0.4) is 0 Å². The molecule has 40 heavy (non-hydrogen) atoms. The Morgan fingerprint density at radius 3 is 2.65 bits per heavy atom. The van der Waals surface area contributed by atoms with E-state index in [1.807, 2.05) is 10.6 Å². The van der Waals surface area contributed by atoms with Crippen molar-refractivity contribution in [1.82, 2.24) is 20.2 Å². The Bertz CT molecular complexity index is 1440. The van der Waals surface area contributed by atoms with E-state index in [0.29, 0.717) is 29.7 Å². The molecule has 210 valence electrons. The van der Waals surface area contributed by atoms with Crippen molar-refractivity contribution in [2.75, 3.05) is 12.0 Å². The number of aliphatic hydroxyl groups excluding tert-OH is 1. The Labute approximate surface area is 230 Å². The molecule has 0 spiro atoms. The van der Waals surface area contributed by atoms with Crippen LogP contribution >= 0.6 is 0 Å². The summed E-state index contributed by atoms with van der Waals surface area (Å²) in [7, 11) is 0. The summed E-state index contributed by atoms with van der Waals surface area (Å²) in [5, 5.41) is 20.6. The molecule has 0 radical (unpaired) electrons. The van der Waals surface area contributed by atoms with Crippen LogP contribution in [0.25, 0.3) is 11.3 Å². The fourth-order valence-electron chi connectivity index (χ4n) is 8.52. The SMILES string of the molecule is O=C(NCNC1C2CC3CC1CC(C(O)CC1c4c(F)cccc4-c4cncn41)(C3)C2)Nc1ccc(F)c(F)c1. The molecule has 7 nitrogen and oxygen atoms in total. The van der Waals surface area contributed by atoms with Gasteiger partial charge in [0.1, 0.15) is 5.82 Å². The Hall–Kier alpha value is -3.37. The van der Waals surface area contributed by atoms with E-state index in [1.165, 1.54) is 12.1 Å². The van der Waals surface area contributed by atoms with E-state index in [9.17, 15) is 23.1 Å². The highest BCUT2D eigenvalue weighted by atomic mass is 19.2. The van der Waals surface area contributed by atoms with Crippen LogP contribution in [0, 0.1) is 40.6 Å². The van der Waals surface area contributed by atoms with E-state index in [4.69, 9.17) is 0 Å². The van der Waals surface area contributed by atoms with Crippen molar-refractivity contribution in [3.63, 3.8) is 0 Å². The van der Waals surface area contributed by atoms with Crippen molar-refractivity contribution in [2.24, 2.45) is 23.2 Å². The number of nitrogens with zero attached hydrogens (tertiary/aromatic N) is 2. The summed E-state index contributed by atoms with van der Waals surface area (Å²) in [4.78, 5) is 16.6. The van der Waals surface area contributed by atoms with Crippen LogP contribution < -0.4 is 16.0 Å². The molecule has 1 aliphatic heterocycles. The smallest absolute Gasteiger partial charge is 0.320 e. The van der Waals surface area contributed by atoms with Crippen LogP contribution in [0.5, 0.6) is 0 Å². The third-order valence-corrected chi connectivity index (χ3v) is 9.90. The molecule has 8 rings (SSSR count). The molecule has 4 fully saturated rings. The number of carbonyl (C=O) groups excluding carboxylic acids is 1. The minimum absolute atomic E-state index is 0.175. The standard InChI is InChI=1S/C30H32F3N5O2/c31-21-5-4-19(8-23(21)33)37-29(40)36-14-35-28-17-6-16-7-18(28)12-30(10-16,11-17)26(39)9-24-27-20(2-1-3-22(27)32)25-13-34-15-38(24)25/h1-5,8,13,15-18,24,26,28,35,39H,6-7,9-12,14H2,(H2,36,37,40). The van der Waals surface area contributed by atoms with Crippen LogP contribution in [0.15, 0.2) is 48.9 Å². The number of nitrogens with one attached hydrogen (secondary N) is 3. The van der Waals surface area contributed by atoms with Gasteiger partial charge in [-0.05, 0) is 79.9 Å². The van der Waals surface area contributed by atoms with Crippen LogP contribution in [0.1, 0.15) is 50.1 Å². The largest absolute Gasteiger partial charge is 0.392 e. The van der Waals surface area contributed by atoms with Gasteiger partial charge in [-0.2, -0.15) is 0 Å². The molecular weight excluding hydrogens is 519 g/mol. The van der Waals surface area contributed by atoms with Gasteiger partial charge in [-0.1, -0.05) is 12.1 Å². The minimum atomic E-state index is -1.02. The van der Waals surface area contributed by atoms with Gasteiger partial charge >= 0.3 is 6.03 Å². The molecule has 2 aromatic carbocycles. The Kier molecular flexibility index (Phi) is 6.16. The summed E-state index contributed by atoms with van der Waals surface area (Å²) in [5.41, 5.74) is 2.37. The van der Waals surface area contributed by atoms with Crippen LogP contribution in [-0.2, 0) is 0 Å². The van der Waals surface area contributed by atoms with Gasteiger partial charge in [-0.15, -0.1) is 0 Å². The number of halogens is 3. The first kappa shape index (κ1) is 25.6. The van der Waals surface area contributed by atoms with Gasteiger partial charge in [0.2, 0.25) is 0 Å². The maximum atomic E-state index is 15.0. The van der Waals surface area contributed by atoms with Gasteiger partial charge in [-0.25, -0.2) is 22.9 Å². The topological polar surface area (TPSA) is 91.2 Å². The number of rotatable bonds is 7. The van der Waals surface area contributed by atoms with Crippen molar-refractivity contribution >= 4 is 11.7 Å². The lowest BCUT2D eigenvalue weighted by Gasteiger charge is -2.61. The quantitative estimate of drug-likeness (QED) is 0.305. The molecule has 4 bridgehead atoms. The molecule has 5 aliphatic rings. The number of amides is 2. The zero-order valence-electron chi connectivity index (χ0n) is 21.9. The first-order valence-electron chi connectivity index (χ1n) is 14.0. The first-order valence-corrected chi connectivity index (χ1v) is 14.0. The summed E-state index contributed by atoms with van der Waals surface area (Å²) in [6, 6.07) is 7.80. The average Bonchev–Trinajstić information content (AvgIpc) is 3.50. The zero-order chi connectivity index (χ0) is 27.6. The van der Waals surface area contributed by atoms with Crippen molar-refractivity contribution in [3.8, 4) is 11.3 Å². The van der Waals surface area contributed by atoms with E-state index in [2.05, 4.69) is 20.9 Å². The summed E-state index contributed by atoms with van der Waals surface area (Å²) in [6.45, 7) is 0.245. The number of aliphatic hydroxyl groups is 1. The van der Waals surface area contributed by atoms with E-state index in [1.54, 1.807) is 18.6 Å². The third kappa shape index (κ3) is 4.19. The molecule has 0 saturated heterocycles. The Balaban J connectivity index is 0.999. The molecule has 3 aromatic rings. The second-order valence-corrected chi connectivity index (χ2v) is 12.2. The lowest BCUT2D eigenvalue weighted by Crippen LogP contribution is -2.62. The monoisotopic (exact) mass is 551 g/mol. The van der Waals surface area contributed by atoms with E-state index in [-0.39, 0.29) is 35.7 Å². The van der Waals surface area contributed by atoms with E-state index in [0.717, 1.165) is 55.5 Å². The van der Waals surface area contributed by atoms with Gasteiger partial charge in [0.05, 0.1) is 37.0 Å². The fraction of sp³-hybridized carbons (Fsp3) is 0.467. The number of benzene rings is 2. The van der Waals surface area contributed by atoms with Crippen molar-refractivity contribution in [2.45, 2.75) is 56.7 Å². The number of hydrogen-bond donors (Lipinski definition) is 4. The third-order valence-electron chi connectivity index (χ3n) is 9.90. The Morgan fingerprint density at radius 2 is 1.88 bits per heavy atom. The molecule has 2 amide bonds. The minimum Gasteiger partial charge on any atom is -0.392 e. The highest BCUT2D eigenvalue weighted by Crippen LogP contribution is 2.62. The molecule has 4 N–H and O–H groups in total. The maximum Gasteiger partial charge on any atom is 0.320 e. The number of anilines is 1. The molecule has 10 heteroatoms. The fourth-order valence-corrected chi connectivity index (χ4v) is 8.52. The predicted octanol–water partition coefficient (Wildman–Crippen LogP) is 5.18. The molecule has 1 aromatic heterocycles.